The van der Waals surface area contributed by atoms with E-state index in [0.717, 1.165) is 50.2 Å². The van der Waals surface area contributed by atoms with Crippen LogP contribution in [0.25, 0.3) is 0 Å². The van der Waals surface area contributed by atoms with Crippen molar-refractivity contribution < 1.29 is 23.8 Å². The fourth-order valence-corrected chi connectivity index (χ4v) is 5.59. The largest absolute Gasteiger partial charge is 0.480 e. The molecule has 2 unspecified atom stereocenters. The standard InChI is InChI=1S/C29H39ClFN5O4/c1-40-22(17-31)19-36(15-3-2-6-21-8-7-20-5-4-13-33-26(20)34-21)16-10-25(27(37)38)35-28(39)29(11-12-29)23-9-14-32-18-24(23)30/h7-9,14,18,22,25H,2-6,10-13,15-17,19H2,1H3,(H,33,34)(H,35,39)(H,37,38). The van der Waals surface area contributed by atoms with Gasteiger partial charge in [0.05, 0.1) is 16.5 Å². The average molecular weight is 576 g/mol. The van der Waals surface area contributed by atoms with E-state index in [1.807, 2.05) is 4.90 Å². The topological polar surface area (TPSA) is 117 Å². The van der Waals surface area contributed by atoms with Crippen LogP contribution >= 0.6 is 11.6 Å². The molecule has 9 nitrogen and oxygen atoms in total. The third-order valence-corrected chi connectivity index (χ3v) is 8.19. The van der Waals surface area contributed by atoms with Crippen LogP contribution in [0.15, 0.2) is 30.6 Å². The number of ether oxygens (including phenoxy) is 1. The summed E-state index contributed by atoms with van der Waals surface area (Å²) in [5, 5.41) is 16.4. The summed E-state index contributed by atoms with van der Waals surface area (Å²) in [4.78, 5) is 36.0. The Morgan fingerprint density at radius 1 is 1.27 bits per heavy atom. The number of carbonyl (C=O) groups is 2. The predicted molar refractivity (Wildman–Crippen MR) is 152 cm³/mol. The Morgan fingerprint density at radius 3 is 2.80 bits per heavy atom. The van der Waals surface area contributed by atoms with Gasteiger partial charge in [-0.05, 0) is 81.2 Å². The number of aromatic nitrogens is 2. The van der Waals surface area contributed by atoms with Crippen molar-refractivity contribution in [2.24, 2.45) is 0 Å². The van der Waals surface area contributed by atoms with Crippen molar-refractivity contribution in [2.45, 2.75) is 68.9 Å². The zero-order valence-electron chi connectivity index (χ0n) is 23.0. The number of nitrogens with one attached hydrogen (secondary N) is 2. The Balaban J connectivity index is 1.32. The molecule has 1 fully saturated rings. The maximum atomic E-state index is 13.5. The van der Waals surface area contributed by atoms with Crippen LogP contribution < -0.4 is 10.6 Å². The molecule has 0 saturated heterocycles. The Hall–Kier alpha value is -2.82. The van der Waals surface area contributed by atoms with Gasteiger partial charge in [0.2, 0.25) is 5.91 Å². The number of aryl methyl sites for hydroxylation is 2. The molecule has 3 heterocycles. The first kappa shape index (κ1) is 30.1. The molecule has 1 saturated carbocycles. The summed E-state index contributed by atoms with van der Waals surface area (Å²) in [6.07, 6.45) is 8.58. The number of unbranched alkanes of at least 4 members (excludes halogenated alkanes) is 1. The smallest absolute Gasteiger partial charge is 0.326 e. The Bertz CT molecular complexity index is 1160. The summed E-state index contributed by atoms with van der Waals surface area (Å²) >= 11 is 6.29. The lowest BCUT2D eigenvalue weighted by molar-refractivity contribution is -0.142. The van der Waals surface area contributed by atoms with Crippen molar-refractivity contribution in [1.82, 2.24) is 20.2 Å². The molecule has 0 bridgehead atoms. The average Bonchev–Trinajstić information content (AvgIpc) is 3.77. The fraction of sp³-hybridized carbons (Fsp3) is 0.586. The van der Waals surface area contributed by atoms with E-state index in [0.29, 0.717) is 43.1 Å². The number of nitrogens with zero attached hydrogens (tertiary/aromatic N) is 3. The SMILES string of the molecule is COC(CF)CN(CCCCc1ccc2c(n1)NCCC2)CCC(NC(=O)C1(c2ccncc2Cl)CC1)C(=O)O. The molecule has 218 valence electrons. The molecule has 1 amide bonds. The quantitative estimate of drug-likeness (QED) is 0.259. The van der Waals surface area contributed by atoms with Crippen LogP contribution in [0.1, 0.15) is 55.3 Å². The molecule has 11 heteroatoms. The van der Waals surface area contributed by atoms with E-state index in [9.17, 15) is 19.1 Å². The van der Waals surface area contributed by atoms with Crippen LogP contribution in [-0.2, 0) is 32.6 Å². The van der Waals surface area contributed by atoms with Crippen molar-refractivity contribution in [3.8, 4) is 0 Å². The number of hydrogen-bond acceptors (Lipinski definition) is 7. The molecule has 1 aliphatic heterocycles. The van der Waals surface area contributed by atoms with Crippen LogP contribution in [0, 0.1) is 0 Å². The van der Waals surface area contributed by atoms with E-state index >= 15 is 0 Å². The Morgan fingerprint density at radius 2 is 2.10 bits per heavy atom. The number of halogens is 2. The monoisotopic (exact) mass is 575 g/mol. The van der Waals surface area contributed by atoms with E-state index in [4.69, 9.17) is 21.3 Å². The van der Waals surface area contributed by atoms with Gasteiger partial charge in [-0.25, -0.2) is 14.2 Å². The molecule has 2 aliphatic rings. The second kappa shape index (κ2) is 14.2. The lowest BCUT2D eigenvalue weighted by Gasteiger charge is -2.27. The molecule has 4 rings (SSSR count). The number of pyridine rings is 2. The van der Waals surface area contributed by atoms with E-state index in [1.165, 1.54) is 18.9 Å². The highest BCUT2D eigenvalue weighted by atomic mass is 35.5. The number of carbonyl (C=O) groups excluding carboxylic acids is 1. The van der Waals surface area contributed by atoms with Gasteiger partial charge in [-0.2, -0.15) is 0 Å². The van der Waals surface area contributed by atoms with Crippen molar-refractivity contribution in [1.29, 1.82) is 0 Å². The number of carboxylic acid groups (broad SMARTS) is 1. The maximum absolute atomic E-state index is 13.5. The van der Waals surface area contributed by atoms with Gasteiger partial charge in [0.1, 0.15) is 18.5 Å². The summed E-state index contributed by atoms with van der Waals surface area (Å²) in [6.45, 7) is 1.68. The Labute approximate surface area is 239 Å². The van der Waals surface area contributed by atoms with E-state index < -0.39 is 30.2 Å². The first-order valence-corrected chi connectivity index (χ1v) is 14.4. The van der Waals surface area contributed by atoms with Gasteiger partial charge in [0.15, 0.2) is 0 Å². The minimum Gasteiger partial charge on any atom is -0.480 e. The van der Waals surface area contributed by atoms with Crippen LogP contribution in [0.3, 0.4) is 0 Å². The summed E-state index contributed by atoms with van der Waals surface area (Å²) in [7, 11) is 1.47. The molecule has 40 heavy (non-hydrogen) atoms. The van der Waals surface area contributed by atoms with Crippen molar-refractivity contribution in [3.63, 3.8) is 0 Å². The van der Waals surface area contributed by atoms with E-state index in [2.05, 4.69) is 27.8 Å². The summed E-state index contributed by atoms with van der Waals surface area (Å²) in [6, 6.07) is 4.87. The van der Waals surface area contributed by atoms with Gasteiger partial charge in [-0.1, -0.05) is 17.7 Å². The zero-order chi connectivity index (χ0) is 28.5. The number of aliphatic carboxylic acids is 1. The van der Waals surface area contributed by atoms with Gasteiger partial charge in [0.25, 0.3) is 0 Å². The number of anilines is 1. The first-order chi connectivity index (χ1) is 19.4. The van der Waals surface area contributed by atoms with Crippen LogP contribution in [0.2, 0.25) is 5.02 Å². The molecule has 0 aromatic carbocycles. The number of alkyl halides is 1. The van der Waals surface area contributed by atoms with Gasteiger partial charge < -0.3 is 25.4 Å². The first-order valence-electron chi connectivity index (χ1n) is 14.0. The molecule has 1 aliphatic carbocycles. The van der Waals surface area contributed by atoms with E-state index in [1.54, 1.807) is 12.3 Å². The van der Waals surface area contributed by atoms with Gasteiger partial charge in [0, 0.05) is 44.8 Å². The Kier molecular flexibility index (Phi) is 10.7. The number of carboxylic acids is 1. The van der Waals surface area contributed by atoms with Gasteiger partial charge in [-0.3, -0.25) is 9.78 Å². The fourth-order valence-electron chi connectivity index (χ4n) is 5.29. The highest BCUT2D eigenvalue weighted by Crippen LogP contribution is 2.50. The lowest BCUT2D eigenvalue weighted by Crippen LogP contribution is -2.47. The zero-order valence-corrected chi connectivity index (χ0v) is 23.8. The van der Waals surface area contributed by atoms with Crippen LogP contribution in [-0.4, -0.2) is 84.0 Å². The second-order valence-electron chi connectivity index (χ2n) is 10.7. The molecule has 0 radical (unpaired) electrons. The summed E-state index contributed by atoms with van der Waals surface area (Å²) < 4.78 is 18.7. The third kappa shape index (κ3) is 7.67. The number of methoxy groups -OCH3 is 1. The number of amides is 1. The van der Waals surface area contributed by atoms with Gasteiger partial charge >= 0.3 is 5.97 Å². The number of hydrogen-bond donors (Lipinski definition) is 3. The third-order valence-electron chi connectivity index (χ3n) is 7.89. The molecule has 2 aromatic heterocycles. The predicted octanol–water partition coefficient (Wildman–Crippen LogP) is 3.79. The molecular formula is C29H39ClFN5O4. The second-order valence-corrected chi connectivity index (χ2v) is 11.1. The minimum absolute atomic E-state index is 0.183. The normalized spacial score (nSPS) is 17.0. The molecular weight excluding hydrogens is 537 g/mol. The minimum atomic E-state index is -1.11. The maximum Gasteiger partial charge on any atom is 0.326 e. The molecule has 0 spiro atoms. The molecule has 2 atom stereocenters. The number of rotatable bonds is 16. The number of fused-ring (bicyclic) bond motifs is 1. The van der Waals surface area contributed by atoms with Crippen LogP contribution in [0.5, 0.6) is 0 Å². The lowest BCUT2D eigenvalue weighted by atomic mass is 9.95. The highest BCUT2D eigenvalue weighted by molar-refractivity contribution is 6.31. The summed E-state index contributed by atoms with van der Waals surface area (Å²) in [5.74, 6) is -0.465. The molecule has 2 aromatic rings. The highest BCUT2D eigenvalue weighted by Gasteiger charge is 2.53. The van der Waals surface area contributed by atoms with Crippen LogP contribution in [0.4, 0.5) is 10.2 Å². The van der Waals surface area contributed by atoms with Crippen molar-refractivity contribution in [3.05, 3.63) is 52.4 Å². The van der Waals surface area contributed by atoms with Crippen molar-refractivity contribution in [2.75, 3.05) is 45.3 Å². The molecule has 3 N–H and O–H groups in total. The van der Waals surface area contributed by atoms with Gasteiger partial charge in [-0.15, -0.1) is 0 Å². The van der Waals surface area contributed by atoms with E-state index in [-0.39, 0.29) is 12.3 Å². The van der Waals surface area contributed by atoms with Crippen molar-refractivity contribution >= 4 is 29.3 Å². The summed E-state index contributed by atoms with van der Waals surface area (Å²) in [5.41, 5.74) is 2.15.